The lowest BCUT2D eigenvalue weighted by atomic mass is 9.86. The van der Waals surface area contributed by atoms with Crippen molar-refractivity contribution >= 4 is 12.2 Å². The SMILES string of the molecule is CNCc1cc(C(O)N2CCC(N3CC(CN)(n4cc(C5N=CN=C6NC=CC65)cn4)C3)CC2)c(F)c(C(F)(F)F)n1. The number of aliphatic hydroxyl groups is 1. The van der Waals surface area contributed by atoms with E-state index in [1.807, 2.05) is 29.4 Å². The summed E-state index contributed by atoms with van der Waals surface area (Å²) >= 11 is 0. The van der Waals surface area contributed by atoms with Crippen LogP contribution in [0.2, 0.25) is 0 Å². The lowest BCUT2D eigenvalue weighted by molar-refractivity contribution is -0.144. The van der Waals surface area contributed by atoms with Crippen molar-refractivity contribution in [1.29, 1.82) is 0 Å². The first kappa shape index (κ1) is 28.9. The van der Waals surface area contributed by atoms with Gasteiger partial charge < -0.3 is 21.5 Å². The molecular formula is C27H34F4N10O. The summed E-state index contributed by atoms with van der Waals surface area (Å²) in [6, 6.07) is 1.30. The van der Waals surface area contributed by atoms with Crippen molar-refractivity contribution in [3.05, 3.63) is 59.1 Å². The molecule has 2 aromatic rings. The molecule has 5 N–H and O–H groups in total. The van der Waals surface area contributed by atoms with Gasteiger partial charge in [-0.1, -0.05) is 6.08 Å². The zero-order valence-corrected chi connectivity index (χ0v) is 23.1. The molecule has 0 spiro atoms. The molecule has 2 aromatic heterocycles. The molecule has 226 valence electrons. The van der Waals surface area contributed by atoms with Crippen molar-refractivity contribution in [2.24, 2.45) is 21.6 Å². The molecule has 0 saturated carbocycles. The third-order valence-electron chi connectivity index (χ3n) is 8.72. The van der Waals surface area contributed by atoms with Crippen LogP contribution in [0.4, 0.5) is 17.6 Å². The summed E-state index contributed by atoms with van der Waals surface area (Å²) < 4.78 is 57.2. The molecule has 42 heavy (non-hydrogen) atoms. The highest BCUT2D eigenvalue weighted by Gasteiger charge is 2.48. The maximum atomic E-state index is 14.9. The van der Waals surface area contributed by atoms with Crippen molar-refractivity contribution < 1.29 is 22.7 Å². The summed E-state index contributed by atoms with van der Waals surface area (Å²) in [6.07, 6.45) is 4.20. The highest BCUT2D eigenvalue weighted by Crippen LogP contribution is 2.38. The maximum Gasteiger partial charge on any atom is 0.436 e. The lowest BCUT2D eigenvalue weighted by Gasteiger charge is -2.54. The number of aliphatic imine (C=N–C) groups is 2. The molecule has 0 bridgehead atoms. The summed E-state index contributed by atoms with van der Waals surface area (Å²) in [5.41, 5.74) is 4.88. The highest BCUT2D eigenvalue weighted by atomic mass is 19.4. The second kappa shape index (κ2) is 11.1. The molecule has 11 nitrogen and oxygen atoms in total. The second-order valence-electron chi connectivity index (χ2n) is 11.3. The third-order valence-corrected chi connectivity index (χ3v) is 8.72. The van der Waals surface area contributed by atoms with Gasteiger partial charge in [0.05, 0.1) is 23.9 Å². The molecule has 2 saturated heterocycles. The smallest absolute Gasteiger partial charge is 0.374 e. The summed E-state index contributed by atoms with van der Waals surface area (Å²) in [5.74, 6) is -0.613. The largest absolute Gasteiger partial charge is 0.436 e. The van der Waals surface area contributed by atoms with Gasteiger partial charge in [-0.2, -0.15) is 18.3 Å². The summed E-state index contributed by atoms with van der Waals surface area (Å²) in [4.78, 5) is 16.2. The number of hydrogen-bond donors (Lipinski definition) is 4. The Hall–Kier alpha value is -3.24. The molecular weight excluding hydrogens is 556 g/mol. The Morgan fingerprint density at radius 1 is 1.26 bits per heavy atom. The van der Waals surface area contributed by atoms with Crippen molar-refractivity contribution in [3.8, 4) is 0 Å². The van der Waals surface area contributed by atoms with Crippen LogP contribution in [-0.2, 0) is 18.3 Å². The number of nitrogens with one attached hydrogen (secondary N) is 2. The molecule has 0 aliphatic carbocycles. The van der Waals surface area contributed by atoms with Crippen molar-refractivity contribution in [1.82, 2.24) is 35.2 Å². The first-order valence-electron chi connectivity index (χ1n) is 14.0. The summed E-state index contributed by atoms with van der Waals surface area (Å²) in [7, 11) is 1.56. The van der Waals surface area contributed by atoms with E-state index in [1.165, 1.54) is 6.07 Å². The molecule has 4 aliphatic rings. The monoisotopic (exact) mass is 590 g/mol. The van der Waals surface area contributed by atoms with E-state index >= 15 is 0 Å². The fourth-order valence-corrected chi connectivity index (χ4v) is 6.38. The number of piperidine rings is 1. The number of pyridine rings is 1. The Kier molecular flexibility index (Phi) is 7.64. The second-order valence-corrected chi connectivity index (χ2v) is 11.3. The first-order valence-corrected chi connectivity index (χ1v) is 14.0. The normalized spacial score (nSPS) is 25.2. The number of alkyl halides is 3. The highest BCUT2D eigenvalue weighted by molar-refractivity contribution is 5.96. The van der Waals surface area contributed by atoms with Crippen LogP contribution in [0, 0.1) is 11.7 Å². The zero-order chi connectivity index (χ0) is 29.6. The van der Waals surface area contributed by atoms with Crippen LogP contribution < -0.4 is 16.4 Å². The van der Waals surface area contributed by atoms with Gasteiger partial charge in [0.1, 0.15) is 23.9 Å². The molecule has 0 aromatic carbocycles. The minimum Gasteiger partial charge on any atom is -0.374 e. The Bertz CT molecular complexity index is 1390. The molecule has 0 amide bonds. The Morgan fingerprint density at radius 2 is 2.02 bits per heavy atom. The van der Waals surface area contributed by atoms with E-state index in [-0.39, 0.29) is 35.8 Å². The predicted molar refractivity (Wildman–Crippen MR) is 147 cm³/mol. The van der Waals surface area contributed by atoms with Gasteiger partial charge in [0.15, 0.2) is 11.5 Å². The van der Waals surface area contributed by atoms with Gasteiger partial charge in [-0.25, -0.2) is 14.4 Å². The number of aromatic nitrogens is 3. The number of halogens is 4. The number of amidine groups is 1. The van der Waals surface area contributed by atoms with Gasteiger partial charge in [-0.3, -0.25) is 19.5 Å². The van der Waals surface area contributed by atoms with Crippen molar-refractivity contribution in [2.45, 2.75) is 49.4 Å². The van der Waals surface area contributed by atoms with Gasteiger partial charge in [-0.05, 0) is 32.2 Å². The maximum absolute atomic E-state index is 14.9. The van der Waals surface area contributed by atoms with Gasteiger partial charge in [-0.15, -0.1) is 0 Å². The van der Waals surface area contributed by atoms with E-state index in [1.54, 1.807) is 18.3 Å². The molecule has 3 unspecified atom stereocenters. The quantitative estimate of drug-likeness (QED) is 0.340. The van der Waals surface area contributed by atoms with Crippen LogP contribution in [0.5, 0.6) is 0 Å². The number of nitrogens with two attached hydrogens (primary N) is 1. The van der Waals surface area contributed by atoms with Gasteiger partial charge in [0.25, 0.3) is 0 Å². The first-order chi connectivity index (χ1) is 20.1. The van der Waals surface area contributed by atoms with Crippen molar-refractivity contribution in [3.63, 3.8) is 0 Å². The number of rotatable bonds is 8. The molecule has 6 heterocycles. The Morgan fingerprint density at radius 3 is 2.71 bits per heavy atom. The van der Waals surface area contributed by atoms with Crippen LogP contribution in [0.3, 0.4) is 0 Å². The zero-order valence-electron chi connectivity index (χ0n) is 23.1. The predicted octanol–water partition coefficient (Wildman–Crippen LogP) is 1.50. The standard InChI is InChI=1S/C27H34F4N10O/c1-33-10-17-8-20(21(28)23(38-17)27(29,30)31)25(42)39-6-3-18(4-7-39)40-13-26(12-32,14-40)41-11-16(9-37-41)22-19-2-5-34-24(19)36-15-35-22/h2,5,8-9,11,15,18-19,22,25,33,42H,3-4,6-7,10,12-14,32H2,1H3,(H,34,35,36). The molecule has 6 rings (SSSR count). The van der Waals surface area contributed by atoms with E-state index in [4.69, 9.17) is 5.73 Å². The summed E-state index contributed by atoms with van der Waals surface area (Å²) in [5, 5.41) is 21.5. The minimum atomic E-state index is -4.97. The van der Waals surface area contributed by atoms with Crippen molar-refractivity contribution in [2.75, 3.05) is 39.8 Å². The van der Waals surface area contributed by atoms with E-state index in [0.717, 1.165) is 11.4 Å². The fourth-order valence-electron chi connectivity index (χ4n) is 6.38. The van der Waals surface area contributed by atoms with E-state index in [0.29, 0.717) is 45.6 Å². The number of likely N-dealkylation sites (tertiary alicyclic amines) is 2. The van der Waals surface area contributed by atoms with E-state index in [9.17, 15) is 22.7 Å². The van der Waals surface area contributed by atoms with E-state index < -0.39 is 29.5 Å². The van der Waals surface area contributed by atoms with Crippen LogP contribution in [0.1, 0.15) is 47.6 Å². The fraction of sp³-hybridized carbons (Fsp3) is 0.556. The topological polar surface area (TPSA) is 132 Å². The third kappa shape index (κ3) is 5.13. The molecule has 15 heteroatoms. The van der Waals surface area contributed by atoms with Gasteiger partial charge in [0.2, 0.25) is 0 Å². The lowest BCUT2D eigenvalue weighted by Crippen LogP contribution is -2.69. The molecule has 3 atom stereocenters. The van der Waals surface area contributed by atoms with E-state index in [2.05, 4.69) is 35.6 Å². The Balaban J connectivity index is 1.09. The minimum absolute atomic E-state index is 0.0101. The number of aliphatic hydroxyl groups excluding tert-OH is 1. The van der Waals surface area contributed by atoms with Crippen LogP contribution in [0.15, 0.2) is 40.7 Å². The molecule has 2 fully saturated rings. The molecule has 4 aliphatic heterocycles. The van der Waals surface area contributed by atoms with Crippen LogP contribution in [-0.4, -0.2) is 87.7 Å². The summed E-state index contributed by atoms with van der Waals surface area (Å²) in [6.45, 7) is 2.63. The number of nitrogens with zero attached hydrogens (tertiary/aromatic N) is 7. The number of hydrogen-bond acceptors (Lipinski definition) is 10. The van der Waals surface area contributed by atoms with Crippen LogP contribution in [0.25, 0.3) is 0 Å². The van der Waals surface area contributed by atoms with Gasteiger partial charge >= 0.3 is 6.18 Å². The van der Waals surface area contributed by atoms with Gasteiger partial charge in [0, 0.05) is 62.6 Å². The average molecular weight is 591 g/mol. The average Bonchev–Trinajstić information content (AvgIpc) is 3.64. The Labute approximate surface area is 240 Å². The van der Waals surface area contributed by atoms with Crippen LogP contribution >= 0.6 is 0 Å². The number of fused-ring (bicyclic) bond motifs is 1. The molecule has 0 radical (unpaired) electrons.